The summed E-state index contributed by atoms with van der Waals surface area (Å²) in [7, 11) is 0. The number of rotatable bonds is 4. The van der Waals surface area contributed by atoms with Crippen molar-refractivity contribution < 1.29 is 9.59 Å². The van der Waals surface area contributed by atoms with Gasteiger partial charge >= 0.3 is 6.03 Å². The van der Waals surface area contributed by atoms with Gasteiger partial charge in [-0.25, -0.2) is 9.78 Å². The Bertz CT molecular complexity index is 496. The molecular weight excluding hydrogens is 264 g/mol. The number of primary amides is 1. The molecule has 1 saturated carbocycles. The number of amides is 3. The molecule has 6 nitrogen and oxygen atoms in total. The molecule has 4 N–H and O–H groups in total. The van der Waals surface area contributed by atoms with Gasteiger partial charge in [0.05, 0.1) is 11.6 Å². The van der Waals surface area contributed by atoms with Crippen molar-refractivity contribution in [2.45, 2.75) is 44.7 Å². The van der Waals surface area contributed by atoms with E-state index < -0.39 is 18.0 Å². The zero-order valence-electron chi connectivity index (χ0n) is 11.0. The molecule has 0 bridgehead atoms. The van der Waals surface area contributed by atoms with Gasteiger partial charge in [-0.15, -0.1) is 11.3 Å². The number of carbonyl (C=O) groups excluding carboxylic acids is 2. The van der Waals surface area contributed by atoms with E-state index in [0.717, 1.165) is 30.0 Å². The predicted octanol–water partition coefficient (Wildman–Crippen LogP) is 1.00. The van der Waals surface area contributed by atoms with E-state index in [9.17, 15) is 9.59 Å². The smallest absolute Gasteiger partial charge is 0.318 e. The fourth-order valence-electron chi connectivity index (χ4n) is 2.23. The van der Waals surface area contributed by atoms with Gasteiger partial charge in [0.25, 0.3) is 0 Å². The molecule has 0 spiro atoms. The predicted molar refractivity (Wildman–Crippen MR) is 72.7 cm³/mol. The molecule has 1 aliphatic rings. The minimum absolute atomic E-state index is 0.229. The van der Waals surface area contributed by atoms with Crippen LogP contribution in [0.3, 0.4) is 0 Å². The summed E-state index contributed by atoms with van der Waals surface area (Å²) in [5, 5.41) is 8.40. The first kappa shape index (κ1) is 14.0. The summed E-state index contributed by atoms with van der Waals surface area (Å²) in [5.41, 5.74) is 5.71. The first-order valence-electron chi connectivity index (χ1n) is 6.23. The summed E-state index contributed by atoms with van der Waals surface area (Å²) in [6.45, 7) is 3.67. The Hall–Kier alpha value is -1.47. The van der Waals surface area contributed by atoms with E-state index in [1.54, 1.807) is 18.3 Å². The van der Waals surface area contributed by atoms with Gasteiger partial charge in [0.1, 0.15) is 5.01 Å². The topological polar surface area (TPSA) is 97.1 Å². The molecule has 0 aromatic carbocycles. The highest BCUT2D eigenvalue weighted by molar-refractivity contribution is 7.09. The summed E-state index contributed by atoms with van der Waals surface area (Å²) in [4.78, 5) is 26.9. The lowest BCUT2D eigenvalue weighted by Crippen LogP contribution is -2.56. The van der Waals surface area contributed by atoms with Gasteiger partial charge in [-0.2, -0.15) is 0 Å². The molecule has 1 atom stereocenters. The fourth-order valence-corrected chi connectivity index (χ4v) is 3.25. The third-order valence-corrected chi connectivity index (χ3v) is 4.53. The standard InChI is InChI=1S/C12H18N4O2S/c1-7-6-19-10(14-7)12(4-3-5-12)16-8(2)9(17)15-11(13)18/h6,8,16H,3-5H2,1-2H3,(H3,13,15,17,18). The van der Waals surface area contributed by atoms with E-state index in [1.165, 1.54) is 0 Å². The number of nitrogens with zero attached hydrogens (tertiary/aromatic N) is 1. The van der Waals surface area contributed by atoms with Crippen LogP contribution >= 0.6 is 11.3 Å². The minimum Gasteiger partial charge on any atom is -0.351 e. The molecule has 1 heterocycles. The van der Waals surface area contributed by atoms with Gasteiger partial charge in [0.2, 0.25) is 5.91 Å². The summed E-state index contributed by atoms with van der Waals surface area (Å²) < 4.78 is 0. The minimum atomic E-state index is -0.827. The van der Waals surface area contributed by atoms with Crippen LogP contribution in [0.15, 0.2) is 5.38 Å². The van der Waals surface area contributed by atoms with Gasteiger partial charge in [-0.05, 0) is 33.1 Å². The average Bonchev–Trinajstić information content (AvgIpc) is 2.69. The number of aromatic nitrogens is 1. The second kappa shape index (κ2) is 5.26. The maximum absolute atomic E-state index is 11.7. The van der Waals surface area contributed by atoms with Crippen molar-refractivity contribution in [3.8, 4) is 0 Å². The highest BCUT2D eigenvalue weighted by atomic mass is 32.1. The number of aryl methyl sites for hydroxylation is 1. The Morgan fingerprint density at radius 1 is 1.53 bits per heavy atom. The number of carbonyl (C=O) groups is 2. The lowest BCUT2D eigenvalue weighted by molar-refractivity contribution is -0.122. The van der Waals surface area contributed by atoms with E-state index in [1.807, 2.05) is 12.3 Å². The second-order valence-electron chi connectivity index (χ2n) is 4.95. The Morgan fingerprint density at radius 2 is 2.21 bits per heavy atom. The van der Waals surface area contributed by atoms with Crippen LogP contribution in [0.2, 0.25) is 0 Å². The number of hydrogen-bond acceptors (Lipinski definition) is 5. The molecule has 1 aromatic rings. The van der Waals surface area contributed by atoms with Crippen molar-refractivity contribution in [1.29, 1.82) is 0 Å². The first-order valence-corrected chi connectivity index (χ1v) is 7.11. The molecule has 19 heavy (non-hydrogen) atoms. The summed E-state index contributed by atoms with van der Waals surface area (Å²) >= 11 is 1.60. The molecule has 3 amide bonds. The van der Waals surface area contributed by atoms with E-state index >= 15 is 0 Å². The number of urea groups is 1. The van der Waals surface area contributed by atoms with Crippen molar-refractivity contribution in [3.05, 3.63) is 16.1 Å². The van der Waals surface area contributed by atoms with E-state index in [4.69, 9.17) is 5.73 Å². The highest BCUT2D eigenvalue weighted by Crippen LogP contribution is 2.42. The number of nitrogens with two attached hydrogens (primary N) is 1. The maximum Gasteiger partial charge on any atom is 0.318 e. The zero-order valence-corrected chi connectivity index (χ0v) is 11.8. The van der Waals surface area contributed by atoms with Gasteiger partial charge in [0, 0.05) is 11.1 Å². The van der Waals surface area contributed by atoms with Crippen LogP contribution in [0.1, 0.15) is 36.9 Å². The van der Waals surface area contributed by atoms with Crippen LogP contribution in [0.4, 0.5) is 4.79 Å². The molecule has 0 radical (unpaired) electrons. The molecule has 104 valence electrons. The van der Waals surface area contributed by atoms with Gasteiger partial charge < -0.3 is 5.73 Å². The van der Waals surface area contributed by atoms with Crippen molar-refractivity contribution in [2.24, 2.45) is 5.73 Å². The molecule has 0 aliphatic heterocycles. The Balaban J connectivity index is 2.07. The molecule has 1 aromatic heterocycles. The van der Waals surface area contributed by atoms with Gasteiger partial charge in [0.15, 0.2) is 0 Å². The van der Waals surface area contributed by atoms with E-state index in [-0.39, 0.29) is 5.54 Å². The van der Waals surface area contributed by atoms with Gasteiger partial charge in [-0.3, -0.25) is 15.4 Å². The third kappa shape index (κ3) is 2.93. The Kier molecular flexibility index (Phi) is 3.86. The Labute approximate surface area is 115 Å². The lowest BCUT2D eigenvalue weighted by Gasteiger charge is -2.42. The van der Waals surface area contributed by atoms with Crippen LogP contribution < -0.4 is 16.4 Å². The zero-order chi connectivity index (χ0) is 14.0. The number of imide groups is 1. The molecule has 7 heteroatoms. The normalized spacial score (nSPS) is 18.4. The van der Waals surface area contributed by atoms with Crippen molar-refractivity contribution in [2.75, 3.05) is 0 Å². The van der Waals surface area contributed by atoms with E-state index in [0.29, 0.717) is 0 Å². The lowest BCUT2D eigenvalue weighted by atomic mass is 9.76. The molecule has 1 fully saturated rings. The van der Waals surface area contributed by atoms with Crippen molar-refractivity contribution >= 4 is 23.3 Å². The van der Waals surface area contributed by atoms with Crippen molar-refractivity contribution in [3.63, 3.8) is 0 Å². The third-order valence-electron chi connectivity index (χ3n) is 3.37. The second-order valence-corrected chi connectivity index (χ2v) is 5.81. The monoisotopic (exact) mass is 282 g/mol. The van der Waals surface area contributed by atoms with Crippen LogP contribution in [0, 0.1) is 6.92 Å². The maximum atomic E-state index is 11.7. The van der Waals surface area contributed by atoms with Crippen LogP contribution in [0.25, 0.3) is 0 Å². The largest absolute Gasteiger partial charge is 0.351 e. The summed E-state index contributed by atoms with van der Waals surface area (Å²) in [6, 6.07) is -1.32. The summed E-state index contributed by atoms with van der Waals surface area (Å²) in [5.74, 6) is -0.410. The molecular formula is C12H18N4O2S. The van der Waals surface area contributed by atoms with Crippen molar-refractivity contribution in [1.82, 2.24) is 15.6 Å². The summed E-state index contributed by atoms with van der Waals surface area (Å²) in [6.07, 6.45) is 3.01. The molecule has 0 saturated heterocycles. The van der Waals surface area contributed by atoms with Crippen LogP contribution in [0.5, 0.6) is 0 Å². The number of hydrogen-bond donors (Lipinski definition) is 3. The highest BCUT2D eigenvalue weighted by Gasteiger charge is 2.42. The number of thiazole rings is 1. The molecule has 2 rings (SSSR count). The average molecular weight is 282 g/mol. The van der Waals surface area contributed by atoms with Crippen LogP contribution in [-0.2, 0) is 10.3 Å². The quantitative estimate of drug-likeness (QED) is 0.767. The Morgan fingerprint density at radius 3 is 2.63 bits per heavy atom. The van der Waals surface area contributed by atoms with E-state index in [2.05, 4.69) is 15.6 Å². The van der Waals surface area contributed by atoms with Crippen LogP contribution in [-0.4, -0.2) is 23.0 Å². The fraction of sp³-hybridized carbons (Fsp3) is 0.583. The molecule has 1 unspecified atom stereocenters. The van der Waals surface area contributed by atoms with Gasteiger partial charge in [-0.1, -0.05) is 0 Å². The SMILES string of the molecule is Cc1csc(C2(NC(C)C(=O)NC(N)=O)CCC2)n1. The molecule has 1 aliphatic carbocycles. The first-order chi connectivity index (χ1) is 8.93. The number of nitrogens with one attached hydrogen (secondary N) is 2.